The van der Waals surface area contributed by atoms with Gasteiger partial charge in [-0.05, 0) is 61.8 Å². The van der Waals surface area contributed by atoms with Crippen molar-refractivity contribution in [1.29, 1.82) is 0 Å². The number of hydrogen-bond donors (Lipinski definition) is 2. The van der Waals surface area contributed by atoms with Crippen molar-refractivity contribution in [2.24, 2.45) is 23.7 Å². The number of carbonyl (C=O) groups excluding carboxylic acids is 3. The molecule has 43 heavy (non-hydrogen) atoms. The summed E-state index contributed by atoms with van der Waals surface area (Å²) in [4.78, 5) is 44.1. The van der Waals surface area contributed by atoms with E-state index in [0.717, 1.165) is 31.2 Å². The third-order valence-electron chi connectivity index (χ3n) is 10.3. The van der Waals surface area contributed by atoms with E-state index in [1.807, 2.05) is 31.2 Å². The van der Waals surface area contributed by atoms with E-state index in [1.54, 1.807) is 11.0 Å². The van der Waals surface area contributed by atoms with Crippen LogP contribution >= 0.6 is 11.6 Å². The number of hydrogen-bond acceptors (Lipinski definition) is 4. The molecule has 228 valence electrons. The highest BCUT2D eigenvalue weighted by Gasteiger charge is 2.73. The summed E-state index contributed by atoms with van der Waals surface area (Å²) in [6, 6.07) is 12.8. The normalized spacial score (nSPS) is 33.4. The van der Waals surface area contributed by atoms with Crippen LogP contribution in [0, 0.1) is 29.5 Å². The summed E-state index contributed by atoms with van der Waals surface area (Å²) in [5.74, 6) is -2.42. The van der Waals surface area contributed by atoms with Gasteiger partial charge in [0, 0.05) is 17.8 Å². The van der Waals surface area contributed by atoms with E-state index >= 15 is 0 Å². The molecule has 0 unspecified atom stereocenters. The second-order valence-electron chi connectivity index (χ2n) is 12.8. The van der Waals surface area contributed by atoms with Gasteiger partial charge in [-0.3, -0.25) is 14.4 Å². The second kappa shape index (κ2) is 11.7. The van der Waals surface area contributed by atoms with Crippen molar-refractivity contribution in [1.82, 2.24) is 10.2 Å². The van der Waals surface area contributed by atoms with Crippen LogP contribution in [0.5, 0.6) is 0 Å². The van der Waals surface area contributed by atoms with Crippen molar-refractivity contribution in [3.8, 4) is 0 Å². The van der Waals surface area contributed by atoms with Crippen molar-refractivity contribution in [2.75, 3.05) is 5.32 Å². The predicted octanol–water partition coefficient (Wildman–Crippen LogP) is 5.53. The van der Waals surface area contributed by atoms with E-state index < -0.39 is 41.3 Å². The zero-order valence-electron chi connectivity index (χ0n) is 24.8. The molecule has 2 aromatic rings. The molecule has 7 nitrogen and oxygen atoms in total. The molecule has 3 amide bonds. The van der Waals surface area contributed by atoms with Crippen LogP contribution in [-0.4, -0.2) is 52.5 Å². The van der Waals surface area contributed by atoms with Gasteiger partial charge < -0.3 is 20.3 Å². The fourth-order valence-corrected chi connectivity index (χ4v) is 7.87. The Kier molecular flexibility index (Phi) is 8.11. The van der Waals surface area contributed by atoms with E-state index in [2.05, 4.69) is 36.6 Å². The van der Waals surface area contributed by atoms with Crippen LogP contribution in [0.2, 0.25) is 5.02 Å². The second-order valence-corrected chi connectivity index (χ2v) is 13.2. The first-order valence-electron chi connectivity index (χ1n) is 15.4. The Bertz CT molecular complexity index is 1440. The Morgan fingerprint density at radius 3 is 2.65 bits per heavy atom. The molecular weight excluding hydrogens is 569 g/mol. The van der Waals surface area contributed by atoms with Gasteiger partial charge in [0.15, 0.2) is 0 Å². The van der Waals surface area contributed by atoms with Crippen LogP contribution in [0.1, 0.15) is 52.0 Å². The molecule has 9 heteroatoms. The summed E-state index contributed by atoms with van der Waals surface area (Å²) in [5, 5.41) is 6.00. The van der Waals surface area contributed by atoms with Crippen LogP contribution < -0.4 is 10.6 Å². The van der Waals surface area contributed by atoms with Gasteiger partial charge in [0.25, 0.3) is 0 Å². The third kappa shape index (κ3) is 5.27. The first-order valence-corrected chi connectivity index (χ1v) is 15.8. The van der Waals surface area contributed by atoms with Crippen molar-refractivity contribution < 1.29 is 23.5 Å². The number of fused-ring (bicyclic) bond motifs is 1. The molecular formula is C34H39ClFN3O4. The summed E-state index contributed by atoms with van der Waals surface area (Å²) in [7, 11) is 0. The maximum absolute atomic E-state index is 14.4. The number of nitrogens with one attached hydrogen (secondary N) is 2. The number of rotatable bonds is 8. The molecule has 1 aliphatic carbocycles. The highest BCUT2D eigenvalue weighted by Crippen LogP contribution is 2.56. The van der Waals surface area contributed by atoms with Crippen LogP contribution in [0.15, 0.2) is 60.7 Å². The Labute approximate surface area is 257 Å². The molecule has 1 saturated carbocycles. The largest absolute Gasteiger partial charge is 0.359 e. The molecule has 9 atom stereocenters. The molecule has 3 aliphatic heterocycles. The fraction of sp³-hybridized carbons (Fsp3) is 0.500. The summed E-state index contributed by atoms with van der Waals surface area (Å²) in [5.41, 5.74) is 0.224. The lowest BCUT2D eigenvalue weighted by atomic mass is 9.73. The smallest absolute Gasteiger partial charge is 0.246 e. The van der Waals surface area contributed by atoms with Crippen molar-refractivity contribution >= 4 is 35.0 Å². The first-order chi connectivity index (χ1) is 20.6. The summed E-state index contributed by atoms with van der Waals surface area (Å²) >= 11 is 5.94. The number of carbonyl (C=O) groups is 3. The number of aryl methyl sites for hydroxylation is 1. The van der Waals surface area contributed by atoms with Crippen LogP contribution in [0.3, 0.4) is 0 Å². The third-order valence-corrected chi connectivity index (χ3v) is 10.5. The standard InChI is InChI=1S/C34H39ClFN3O4/c1-19-8-7-11-26(21(19)3)38-32(41)30-34-17-16-27(43-34)28(31(40)37-23-14-15-25(36)24(35)18-23)29(34)33(42)39(30)20(2)12-13-22-9-5-4-6-10-22/h4-6,9-10,14-21,26-30H,7-8,11-13H2,1-3H3,(H,37,40)(H,38,41)/t19-,20-,21-,26+,27+,28+,29+,30+,34+/m1/s1. The molecule has 1 spiro atoms. The molecule has 0 aromatic heterocycles. The molecule has 4 aliphatic rings. The quantitative estimate of drug-likeness (QED) is 0.386. The fourth-order valence-electron chi connectivity index (χ4n) is 7.69. The number of benzene rings is 2. The van der Waals surface area contributed by atoms with Crippen molar-refractivity contribution in [3.05, 3.63) is 77.1 Å². The van der Waals surface area contributed by atoms with Gasteiger partial charge >= 0.3 is 0 Å². The van der Waals surface area contributed by atoms with E-state index in [1.165, 1.54) is 18.2 Å². The number of amides is 3. The Balaban J connectivity index is 1.30. The topological polar surface area (TPSA) is 87.7 Å². The Morgan fingerprint density at radius 2 is 1.91 bits per heavy atom. The monoisotopic (exact) mass is 607 g/mol. The highest BCUT2D eigenvalue weighted by molar-refractivity contribution is 6.31. The van der Waals surface area contributed by atoms with Crippen LogP contribution in [0.25, 0.3) is 0 Å². The minimum atomic E-state index is -1.25. The molecule has 2 saturated heterocycles. The minimum Gasteiger partial charge on any atom is -0.359 e. The Morgan fingerprint density at radius 1 is 1.14 bits per heavy atom. The van der Waals surface area contributed by atoms with Gasteiger partial charge in [0.1, 0.15) is 17.5 Å². The lowest BCUT2D eigenvalue weighted by Crippen LogP contribution is -2.59. The molecule has 0 radical (unpaired) electrons. The average Bonchev–Trinajstić information content (AvgIpc) is 3.64. The lowest BCUT2D eigenvalue weighted by molar-refractivity contribution is -0.144. The first kappa shape index (κ1) is 29.8. The summed E-state index contributed by atoms with van der Waals surface area (Å²) in [6.45, 7) is 6.36. The van der Waals surface area contributed by atoms with Gasteiger partial charge in [-0.1, -0.05) is 80.8 Å². The molecule has 2 bridgehead atoms. The SMILES string of the molecule is C[C@@H]1[C@H](C)CCC[C@@H]1NC(=O)[C@@H]1N([C@H](C)CCc2ccccc2)C(=O)[C@@H]2[C@@H](C(=O)Nc3ccc(F)c(Cl)c3)[C@@H]3C=C[C@]21O3. The zero-order valence-corrected chi connectivity index (χ0v) is 25.5. The van der Waals surface area contributed by atoms with E-state index in [-0.39, 0.29) is 28.9 Å². The van der Waals surface area contributed by atoms with Gasteiger partial charge in [-0.2, -0.15) is 0 Å². The average molecular weight is 608 g/mol. The molecule has 6 rings (SSSR count). The van der Waals surface area contributed by atoms with E-state index in [9.17, 15) is 18.8 Å². The number of ether oxygens (including phenoxy) is 1. The molecule has 2 N–H and O–H groups in total. The maximum atomic E-state index is 14.4. The van der Waals surface area contributed by atoms with Crippen molar-refractivity contribution in [2.45, 2.75) is 82.7 Å². The summed E-state index contributed by atoms with van der Waals surface area (Å²) < 4.78 is 20.2. The summed E-state index contributed by atoms with van der Waals surface area (Å²) in [6.07, 6.45) is 7.43. The molecule has 3 heterocycles. The predicted molar refractivity (Wildman–Crippen MR) is 163 cm³/mol. The van der Waals surface area contributed by atoms with Gasteiger partial charge in [0.05, 0.1) is 23.0 Å². The van der Waals surface area contributed by atoms with Crippen LogP contribution in [0.4, 0.5) is 10.1 Å². The lowest BCUT2D eigenvalue weighted by Gasteiger charge is -2.39. The van der Waals surface area contributed by atoms with Gasteiger partial charge in [-0.15, -0.1) is 0 Å². The number of halogens is 2. The Hall–Kier alpha value is -3.23. The molecule has 2 aromatic carbocycles. The van der Waals surface area contributed by atoms with Gasteiger partial charge in [-0.25, -0.2) is 4.39 Å². The maximum Gasteiger partial charge on any atom is 0.246 e. The van der Waals surface area contributed by atoms with E-state index in [4.69, 9.17) is 16.3 Å². The zero-order chi connectivity index (χ0) is 30.5. The van der Waals surface area contributed by atoms with Crippen molar-refractivity contribution in [3.63, 3.8) is 0 Å². The molecule has 3 fully saturated rings. The van der Waals surface area contributed by atoms with Crippen LogP contribution in [-0.2, 0) is 25.5 Å². The highest BCUT2D eigenvalue weighted by atomic mass is 35.5. The number of nitrogens with zero attached hydrogens (tertiary/aromatic N) is 1. The number of likely N-dealkylation sites (tertiary alicyclic amines) is 1. The van der Waals surface area contributed by atoms with E-state index in [0.29, 0.717) is 23.9 Å². The van der Waals surface area contributed by atoms with Gasteiger partial charge in [0.2, 0.25) is 17.7 Å². The minimum absolute atomic E-state index is 0.00757. The number of anilines is 1.